The molecule has 26 heteroatoms. The third kappa shape index (κ3) is 11.7. The van der Waals surface area contributed by atoms with Gasteiger partial charge in [-0.1, -0.05) is 42.1 Å². The predicted octanol–water partition coefficient (Wildman–Crippen LogP) is 11.9. The molecule has 72 heavy (non-hydrogen) atoms. The summed E-state index contributed by atoms with van der Waals surface area (Å²) >= 11 is 3.40. The number of benzene rings is 5. The van der Waals surface area contributed by atoms with E-state index in [1.165, 1.54) is 48.2 Å². The van der Waals surface area contributed by atoms with Crippen LogP contribution in [0.1, 0.15) is 33.3 Å². The van der Waals surface area contributed by atoms with Gasteiger partial charge < -0.3 is 29.9 Å². The van der Waals surface area contributed by atoms with E-state index in [2.05, 4.69) is 49.6 Å². The van der Waals surface area contributed by atoms with Crippen LogP contribution in [0, 0.1) is 0 Å². The van der Waals surface area contributed by atoms with E-state index in [0.29, 0.717) is 103 Å². The number of ether oxygens (including phenoxy) is 2. The van der Waals surface area contributed by atoms with Crippen LogP contribution in [0.5, 0.6) is 11.5 Å². The van der Waals surface area contributed by atoms with Gasteiger partial charge in [-0.25, -0.2) is 0 Å². The topological polar surface area (TPSA) is 272 Å². The molecule has 0 fully saturated rings. The van der Waals surface area contributed by atoms with E-state index in [1.54, 1.807) is 26.4 Å². The fourth-order valence-corrected chi connectivity index (χ4v) is 10.6. The summed E-state index contributed by atoms with van der Waals surface area (Å²) in [5.41, 5.74) is 4.95. The molecule has 0 aliphatic heterocycles. The van der Waals surface area contributed by atoms with Crippen molar-refractivity contribution in [2.24, 2.45) is 20.5 Å². The summed E-state index contributed by atoms with van der Waals surface area (Å²) in [6, 6.07) is 25.1. The van der Waals surface area contributed by atoms with E-state index in [9.17, 15) is 25.9 Å². The number of rotatable bonds is 21. The Kier molecular flexibility index (Phi) is 15.9. The van der Waals surface area contributed by atoms with Crippen molar-refractivity contribution >= 4 is 133 Å². The van der Waals surface area contributed by atoms with Crippen LogP contribution >= 0.6 is 34.8 Å². The van der Waals surface area contributed by atoms with Gasteiger partial charge in [0.2, 0.25) is 11.9 Å². The Balaban J connectivity index is 1.25. The number of aromatic nitrogens is 5. The molecule has 3 aromatic heterocycles. The summed E-state index contributed by atoms with van der Waals surface area (Å²) in [5, 5.41) is 26.7. The second-order valence-corrected chi connectivity index (χ2v) is 20.7. The molecule has 0 bridgehead atoms. The van der Waals surface area contributed by atoms with E-state index in [1.807, 2.05) is 70.2 Å². The Morgan fingerprint density at radius 2 is 1.04 bits per heavy atom. The van der Waals surface area contributed by atoms with Crippen molar-refractivity contribution < 1.29 is 35.4 Å². The lowest BCUT2D eigenvalue weighted by Crippen LogP contribution is -2.22. The summed E-state index contributed by atoms with van der Waals surface area (Å²) in [6.07, 6.45) is 0. The zero-order valence-corrected chi connectivity index (χ0v) is 43.6. The SMILES string of the molecule is CCN(CC)c1cc(Nc2nc(Nc3cc(N(CC)CC)c(OC)cc3/N=N/c3snc4ccc(S(=O)(=O)O)cc34)nc(SCc3ccccc3)n2)c(/N=N/c2snc3ccc(S(=O)(=O)O)cc23)cc1OC. The quantitative estimate of drug-likeness (QED) is 0.0296. The van der Waals surface area contributed by atoms with Crippen molar-refractivity contribution in [3.8, 4) is 11.5 Å². The highest BCUT2D eigenvalue weighted by atomic mass is 32.2. The second-order valence-electron chi connectivity index (χ2n) is 15.4. The monoisotopic (exact) mass is 1070 g/mol. The number of anilines is 6. The van der Waals surface area contributed by atoms with E-state index < -0.39 is 20.2 Å². The number of nitrogens with zero attached hydrogens (tertiary/aromatic N) is 11. The standard InChI is InChI=1S/C46H47N13O8S5/c1-7-58(8-2)38-22-34(36(24-40(38)66-5)52-54-42-30-20-28(71(60,61)62)16-18-32(30)56-69-42)47-44-49-45(51-46(50-44)68-26-27-14-12-11-13-15-27)48-35-23-39(59(9-3)10-4)41(67-6)25-37(35)53-55-43-31-21-29(72(63,64)65)17-19-33(31)57-70-43/h11-25H,7-10,26H2,1-6H3,(H,60,61,62)(H,63,64,65)(H2,47,48,49,50,51)/b54-52+,55-53+. The summed E-state index contributed by atoms with van der Waals surface area (Å²) in [5.74, 6) is 1.79. The number of azo groups is 2. The lowest BCUT2D eigenvalue weighted by atomic mass is 10.2. The Labute approximate surface area is 427 Å². The largest absolute Gasteiger partial charge is 0.494 e. The first kappa shape index (κ1) is 51.4. The van der Waals surface area contributed by atoms with Crippen LogP contribution in [-0.4, -0.2) is 90.0 Å². The molecule has 0 amide bonds. The molecule has 0 aliphatic carbocycles. The first-order chi connectivity index (χ1) is 34.6. The normalized spacial score (nSPS) is 12.1. The highest BCUT2D eigenvalue weighted by Gasteiger charge is 2.21. The van der Waals surface area contributed by atoms with Crippen molar-refractivity contribution in [2.45, 2.75) is 48.4 Å². The van der Waals surface area contributed by atoms with E-state index >= 15 is 0 Å². The van der Waals surface area contributed by atoms with Crippen LogP contribution in [0.15, 0.2) is 126 Å². The third-order valence-electron chi connectivity index (χ3n) is 11.1. The highest BCUT2D eigenvalue weighted by Crippen LogP contribution is 2.44. The van der Waals surface area contributed by atoms with Crippen LogP contribution in [0.3, 0.4) is 0 Å². The first-order valence-corrected chi connectivity index (χ1v) is 27.5. The van der Waals surface area contributed by atoms with E-state index in [4.69, 9.17) is 24.4 Å². The van der Waals surface area contributed by atoms with Gasteiger partial charge in [0, 0.05) is 54.8 Å². The van der Waals surface area contributed by atoms with Crippen LogP contribution in [0.4, 0.5) is 56.0 Å². The summed E-state index contributed by atoms with van der Waals surface area (Å²) in [4.78, 5) is 18.2. The van der Waals surface area contributed by atoms with Crippen molar-refractivity contribution in [3.63, 3.8) is 0 Å². The maximum absolute atomic E-state index is 12.0. The molecule has 4 N–H and O–H groups in total. The first-order valence-electron chi connectivity index (χ1n) is 22.1. The number of hydrogen-bond acceptors (Lipinski definition) is 22. The van der Waals surface area contributed by atoms with Gasteiger partial charge in [-0.15, -0.1) is 20.5 Å². The van der Waals surface area contributed by atoms with E-state index in [-0.39, 0.29) is 21.7 Å². The molecular weight excluding hydrogens is 1020 g/mol. The van der Waals surface area contributed by atoms with Crippen LogP contribution in [0.25, 0.3) is 21.8 Å². The smallest absolute Gasteiger partial charge is 0.294 e. The molecule has 0 spiro atoms. The molecule has 0 atom stereocenters. The van der Waals surface area contributed by atoms with Crippen molar-refractivity contribution in [1.82, 2.24) is 23.7 Å². The minimum atomic E-state index is -4.51. The maximum Gasteiger partial charge on any atom is 0.294 e. The molecule has 0 aliphatic rings. The van der Waals surface area contributed by atoms with Gasteiger partial charge in [0.05, 0.1) is 57.8 Å². The molecule has 0 saturated carbocycles. The Hall–Kier alpha value is -6.94. The molecule has 0 saturated heterocycles. The fourth-order valence-electron chi connectivity index (χ4n) is 7.41. The minimum Gasteiger partial charge on any atom is -0.494 e. The Morgan fingerprint density at radius 3 is 1.44 bits per heavy atom. The molecule has 0 unspecified atom stereocenters. The van der Waals surface area contributed by atoms with Gasteiger partial charge in [-0.3, -0.25) is 9.11 Å². The zero-order valence-electron chi connectivity index (χ0n) is 39.5. The second kappa shape index (κ2) is 22.2. The molecule has 3 heterocycles. The van der Waals surface area contributed by atoms with Gasteiger partial charge in [-0.2, -0.15) is 40.5 Å². The van der Waals surface area contributed by atoms with Gasteiger partial charge in [-0.05, 0) is 105 Å². The lowest BCUT2D eigenvalue weighted by molar-refractivity contribution is 0.414. The zero-order chi connectivity index (χ0) is 51.2. The van der Waals surface area contributed by atoms with Gasteiger partial charge in [0.25, 0.3) is 20.2 Å². The van der Waals surface area contributed by atoms with Gasteiger partial charge >= 0.3 is 0 Å². The number of nitrogens with one attached hydrogen (secondary N) is 2. The molecule has 5 aromatic carbocycles. The molecule has 8 aromatic rings. The van der Waals surface area contributed by atoms with Gasteiger partial charge in [0.15, 0.2) is 15.2 Å². The van der Waals surface area contributed by atoms with Crippen molar-refractivity contribution in [2.75, 3.05) is 60.8 Å². The summed E-state index contributed by atoms with van der Waals surface area (Å²) in [6.45, 7) is 10.7. The predicted molar refractivity (Wildman–Crippen MR) is 283 cm³/mol. The van der Waals surface area contributed by atoms with Crippen LogP contribution in [0.2, 0.25) is 0 Å². The Morgan fingerprint density at radius 1 is 0.597 bits per heavy atom. The minimum absolute atomic E-state index is 0.127. The average molecular weight is 1070 g/mol. The number of hydrogen-bond donors (Lipinski definition) is 4. The molecule has 0 radical (unpaired) electrons. The molecule has 8 rings (SSSR count). The fraction of sp³-hybridized carbons (Fsp3) is 0.239. The molecular formula is C46H47N13O8S5. The maximum atomic E-state index is 12.0. The highest BCUT2D eigenvalue weighted by molar-refractivity contribution is 7.98. The number of methoxy groups -OCH3 is 2. The lowest BCUT2D eigenvalue weighted by Gasteiger charge is -2.25. The summed E-state index contributed by atoms with van der Waals surface area (Å²) < 4.78 is 88.2. The third-order valence-corrected chi connectivity index (χ3v) is 15.2. The number of thioether (sulfide) groups is 1. The number of fused-ring (bicyclic) bond motifs is 2. The van der Waals surface area contributed by atoms with E-state index in [0.717, 1.165) is 40.0 Å². The van der Waals surface area contributed by atoms with Crippen LogP contribution in [-0.2, 0) is 26.0 Å². The van der Waals surface area contributed by atoms with Gasteiger partial charge in [0.1, 0.15) is 22.9 Å². The van der Waals surface area contributed by atoms with Crippen molar-refractivity contribution in [1.29, 1.82) is 0 Å². The molecule has 21 nitrogen and oxygen atoms in total. The average Bonchev–Trinajstić information content (AvgIpc) is 3.98. The molecule has 374 valence electrons. The Bertz CT molecular complexity index is 3340. The van der Waals surface area contributed by atoms with Crippen LogP contribution < -0.4 is 29.9 Å². The summed E-state index contributed by atoms with van der Waals surface area (Å²) in [7, 11) is -5.90. The van der Waals surface area contributed by atoms with Crippen molar-refractivity contribution in [3.05, 3.63) is 96.6 Å².